The average Bonchev–Trinajstić information content (AvgIpc) is 3.45. The molecule has 2 bridgehead atoms. The topological polar surface area (TPSA) is 62.3 Å². The van der Waals surface area contributed by atoms with E-state index >= 15 is 0 Å². The molecular weight excluding hydrogens is 410 g/mol. The third-order valence-electron chi connectivity index (χ3n) is 6.54. The summed E-state index contributed by atoms with van der Waals surface area (Å²) >= 11 is 3.67. The van der Waals surface area contributed by atoms with Crippen molar-refractivity contribution in [2.75, 3.05) is 12.1 Å². The SMILES string of the molecule is CCCCC12CC(OC(=O)C(CO)c3ccccc3)CC(C3OC31)N2CBr. The number of hydrogen-bond acceptors (Lipinski definition) is 5. The minimum Gasteiger partial charge on any atom is -0.462 e. The maximum atomic E-state index is 12.8. The Kier molecular flexibility index (Phi) is 5.61. The van der Waals surface area contributed by atoms with Crippen molar-refractivity contribution in [2.45, 2.75) is 74.8 Å². The number of hydrogen-bond donors (Lipinski definition) is 1. The van der Waals surface area contributed by atoms with Crippen LogP contribution in [0.25, 0.3) is 0 Å². The number of carbonyl (C=O) groups is 1. The minimum absolute atomic E-state index is 0.0283. The van der Waals surface area contributed by atoms with Gasteiger partial charge in [0.25, 0.3) is 0 Å². The zero-order valence-electron chi connectivity index (χ0n) is 15.7. The Hall–Kier alpha value is -0.950. The van der Waals surface area contributed by atoms with Crippen LogP contribution in [0.2, 0.25) is 0 Å². The summed E-state index contributed by atoms with van der Waals surface area (Å²) < 4.78 is 12.0. The molecule has 4 rings (SSSR count). The Morgan fingerprint density at radius 1 is 1.44 bits per heavy atom. The number of morpholine rings is 1. The number of esters is 1. The number of fused-ring (bicyclic) bond motifs is 5. The van der Waals surface area contributed by atoms with Gasteiger partial charge in [-0.1, -0.05) is 66.0 Å². The highest BCUT2D eigenvalue weighted by atomic mass is 79.9. The molecule has 6 unspecified atom stereocenters. The number of nitrogens with zero attached hydrogens (tertiary/aromatic N) is 1. The van der Waals surface area contributed by atoms with Crippen LogP contribution >= 0.6 is 15.9 Å². The number of piperidine rings is 1. The zero-order valence-corrected chi connectivity index (χ0v) is 17.3. The molecule has 5 nitrogen and oxygen atoms in total. The van der Waals surface area contributed by atoms with E-state index in [1.54, 1.807) is 0 Å². The lowest BCUT2D eigenvalue weighted by molar-refractivity contribution is -0.160. The Morgan fingerprint density at radius 3 is 2.89 bits per heavy atom. The standard InChI is InChI=1S/C21H28BrNO4/c1-2-3-9-21-11-15(10-17(23(21)13-22)18-19(21)27-18)26-20(25)16(12-24)14-7-5-4-6-8-14/h4-8,15-19,24H,2-3,9-13H2,1H3. The molecule has 27 heavy (non-hydrogen) atoms. The number of benzene rings is 1. The van der Waals surface area contributed by atoms with E-state index in [-0.39, 0.29) is 36.4 Å². The summed E-state index contributed by atoms with van der Waals surface area (Å²) in [5.41, 5.74) is 1.61. The molecule has 1 aromatic carbocycles. The molecule has 0 aliphatic carbocycles. The maximum absolute atomic E-state index is 12.8. The van der Waals surface area contributed by atoms with Gasteiger partial charge in [0.15, 0.2) is 0 Å². The first-order valence-electron chi connectivity index (χ1n) is 9.99. The lowest BCUT2D eigenvalue weighted by Gasteiger charge is -2.48. The molecule has 3 fully saturated rings. The number of rotatable bonds is 8. The molecule has 0 radical (unpaired) electrons. The number of alkyl halides is 1. The van der Waals surface area contributed by atoms with Crippen molar-refractivity contribution in [1.82, 2.24) is 4.90 Å². The molecule has 3 aliphatic rings. The fraction of sp³-hybridized carbons (Fsp3) is 0.667. The van der Waals surface area contributed by atoms with Crippen LogP contribution in [-0.4, -0.2) is 57.9 Å². The van der Waals surface area contributed by atoms with Gasteiger partial charge in [-0.25, -0.2) is 0 Å². The summed E-state index contributed by atoms with van der Waals surface area (Å²) in [6, 6.07) is 9.70. The van der Waals surface area contributed by atoms with Crippen molar-refractivity contribution in [3.8, 4) is 0 Å². The maximum Gasteiger partial charge on any atom is 0.316 e. The normalized spacial score (nSPS) is 35.5. The highest BCUT2D eigenvalue weighted by Crippen LogP contribution is 2.57. The van der Waals surface area contributed by atoms with Crippen molar-refractivity contribution in [2.24, 2.45) is 0 Å². The molecule has 6 heteroatoms. The van der Waals surface area contributed by atoms with Crippen LogP contribution in [0.15, 0.2) is 30.3 Å². The minimum atomic E-state index is -0.615. The monoisotopic (exact) mass is 437 g/mol. The van der Waals surface area contributed by atoms with E-state index in [9.17, 15) is 9.90 Å². The van der Waals surface area contributed by atoms with Gasteiger partial charge in [0, 0.05) is 18.9 Å². The second kappa shape index (κ2) is 7.82. The molecule has 1 aromatic rings. The molecule has 1 N–H and O–H groups in total. The van der Waals surface area contributed by atoms with E-state index in [1.807, 2.05) is 30.3 Å². The summed E-state index contributed by atoms with van der Waals surface area (Å²) in [5.74, 6) is -0.934. The van der Waals surface area contributed by atoms with Gasteiger partial charge < -0.3 is 14.6 Å². The van der Waals surface area contributed by atoms with Gasteiger partial charge in [0.2, 0.25) is 0 Å². The predicted octanol–water partition coefficient (Wildman–Crippen LogP) is 3.20. The lowest BCUT2D eigenvalue weighted by Crippen LogP contribution is -2.58. The van der Waals surface area contributed by atoms with Gasteiger partial charge in [-0.15, -0.1) is 0 Å². The molecule has 148 valence electrons. The summed E-state index contributed by atoms with van der Waals surface area (Å²) in [5, 5.41) is 9.76. The van der Waals surface area contributed by atoms with E-state index in [0.717, 1.165) is 43.1 Å². The molecule has 6 atom stereocenters. The molecule has 3 heterocycles. The smallest absolute Gasteiger partial charge is 0.316 e. The molecular formula is C21H28BrNO4. The second-order valence-corrected chi connectivity index (χ2v) is 8.53. The fourth-order valence-electron chi connectivity index (χ4n) is 5.18. The van der Waals surface area contributed by atoms with E-state index in [0.29, 0.717) is 6.04 Å². The van der Waals surface area contributed by atoms with Gasteiger partial charge in [0.1, 0.15) is 24.2 Å². The average molecular weight is 438 g/mol. The lowest BCUT2D eigenvalue weighted by atomic mass is 9.81. The Morgan fingerprint density at radius 2 is 2.22 bits per heavy atom. The molecule has 0 spiro atoms. The van der Waals surface area contributed by atoms with Gasteiger partial charge in [-0.3, -0.25) is 9.69 Å². The van der Waals surface area contributed by atoms with Crippen LogP contribution in [0.4, 0.5) is 0 Å². The zero-order chi connectivity index (χ0) is 19.0. The highest BCUT2D eigenvalue weighted by Gasteiger charge is 2.71. The number of ether oxygens (including phenoxy) is 2. The Labute approximate surface area is 169 Å². The number of carbonyl (C=O) groups excluding carboxylic acids is 1. The van der Waals surface area contributed by atoms with Crippen molar-refractivity contribution in [3.05, 3.63) is 35.9 Å². The number of unbranched alkanes of at least 4 members (excludes halogenated alkanes) is 1. The summed E-state index contributed by atoms with van der Waals surface area (Å²) in [4.78, 5) is 15.3. The Bertz CT molecular complexity index is 671. The summed E-state index contributed by atoms with van der Waals surface area (Å²) in [7, 11) is 0. The van der Waals surface area contributed by atoms with Crippen molar-refractivity contribution in [1.29, 1.82) is 0 Å². The number of halogens is 1. The van der Waals surface area contributed by atoms with Crippen LogP contribution in [0.3, 0.4) is 0 Å². The van der Waals surface area contributed by atoms with Crippen molar-refractivity contribution >= 4 is 21.9 Å². The van der Waals surface area contributed by atoms with Crippen LogP contribution in [0, 0.1) is 0 Å². The van der Waals surface area contributed by atoms with Gasteiger partial charge in [0.05, 0.1) is 17.6 Å². The van der Waals surface area contributed by atoms with Crippen molar-refractivity contribution in [3.63, 3.8) is 0 Å². The largest absolute Gasteiger partial charge is 0.462 e. The first-order valence-corrected chi connectivity index (χ1v) is 11.1. The number of aliphatic hydroxyl groups excluding tert-OH is 1. The van der Waals surface area contributed by atoms with Crippen LogP contribution in [0.1, 0.15) is 50.5 Å². The predicted molar refractivity (Wildman–Crippen MR) is 106 cm³/mol. The van der Waals surface area contributed by atoms with Crippen LogP contribution < -0.4 is 0 Å². The quantitative estimate of drug-likeness (QED) is 0.292. The first kappa shape index (κ1) is 19.4. The van der Waals surface area contributed by atoms with Crippen molar-refractivity contribution < 1.29 is 19.4 Å². The molecule has 0 saturated carbocycles. The van der Waals surface area contributed by atoms with Crippen LogP contribution in [-0.2, 0) is 14.3 Å². The number of epoxide rings is 1. The Balaban J connectivity index is 1.48. The molecule has 3 saturated heterocycles. The second-order valence-electron chi connectivity index (χ2n) is 8.03. The fourth-order valence-corrected chi connectivity index (χ4v) is 6.05. The highest BCUT2D eigenvalue weighted by molar-refractivity contribution is 9.09. The first-order chi connectivity index (χ1) is 13.1. The molecule has 0 aromatic heterocycles. The van der Waals surface area contributed by atoms with Gasteiger partial charge in [-0.2, -0.15) is 0 Å². The summed E-state index contributed by atoms with van der Waals surface area (Å²) in [6.45, 7) is 1.97. The molecule has 3 aliphatic heterocycles. The van der Waals surface area contributed by atoms with E-state index in [2.05, 4.69) is 27.8 Å². The van der Waals surface area contributed by atoms with E-state index in [4.69, 9.17) is 9.47 Å². The summed E-state index contributed by atoms with van der Waals surface area (Å²) in [6.07, 6.45) is 5.43. The van der Waals surface area contributed by atoms with E-state index in [1.165, 1.54) is 0 Å². The molecule has 0 amide bonds. The third-order valence-corrected chi connectivity index (χ3v) is 7.08. The van der Waals surface area contributed by atoms with Gasteiger partial charge in [-0.05, 0) is 12.0 Å². The van der Waals surface area contributed by atoms with Gasteiger partial charge >= 0.3 is 5.97 Å². The third kappa shape index (κ3) is 3.35. The van der Waals surface area contributed by atoms with E-state index < -0.39 is 5.92 Å². The van der Waals surface area contributed by atoms with Crippen LogP contribution in [0.5, 0.6) is 0 Å². The number of aliphatic hydroxyl groups is 1.